The van der Waals surface area contributed by atoms with Crippen molar-refractivity contribution in [3.05, 3.63) is 77.5 Å². The summed E-state index contributed by atoms with van der Waals surface area (Å²) >= 11 is 0. The number of benzene rings is 2. The molecule has 208 valence electrons. The van der Waals surface area contributed by atoms with E-state index in [1.165, 1.54) is 17.7 Å². The Bertz CT molecular complexity index is 1500. The van der Waals surface area contributed by atoms with Gasteiger partial charge in [-0.05, 0) is 61.9 Å². The maximum atomic E-state index is 13.7. The molecule has 2 aromatic carbocycles. The zero-order chi connectivity index (χ0) is 27.8. The minimum atomic E-state index is -0.283. The van der Waals surface area contributed by atoms with Gasteiger partial charge in [-0.1, -0.05) is 50.6 Å². The molecule has 2 fully saturated rings. The molecule has 1 saturated carbocycles. The van der Waals surface area contributed by atoms with Crippen LogP contribution in [0, 0.1) is 18.7 Å². The molecule has 0 radical (unpaired) electrons. The van der Waals surface area contributed by atoms with Crippen molar-refractivity contribution in [1.82, 2.24) is 24.6 Å². The molecule has 1 aliphatic heterocycles. The fourth-order valence-corrected chi connectivity index (χ4v) is 6.07. The van der Waals surface area contributed by atoms with Gasteiger partial charge in [-0.3, -0.25) is 4.79 Å². The number of carbonyl (C=O) groups excluding carboxylic acids is 1. The van der Waals surface area contributed by atoms with Crippen molar-refractivity contribution >= 4 is 22.8 Å². The molecule has 8 heteroatoms. The van der Waals surface area contributed by atoms with Gasteiger partial charge in [-0.15, -0.1) is 0 Å². The van der Waals surface area contributed by atoms with Gasteiger partial charge in [0.05, 0.1) is 16.8 Å². The summed E-state index contributed by atoms with van der Waals surface area (Å²) < 4.78 is 15.5. The summed E-state index contributed by atoms with van der Waals surface area (Å²) in [7, 11) is 0. The van der Waals surface area contributed by atoms with Crippen LogP contribution in [0.5, 0.6) is 0 Å². The molecule has 0 N–H and O–H groups in total. The third-order valence-electron chi connectivity index (χ3n) is 8.38. The topological polar surface area (TPSA) is 67.2 Å². The lowest BCUT2D eigenvalue weighted by Crippen LogP contribution is -2.36. The highest BCUT2D eigenvalue weighted by molar-refractivity contribution is 5.91. The van der Waals surface area contributed by atoms with E-state index < -0.39 is 0 Å². The summed E-state index contributed by atoms with van der Waals surface area (Å²) in [6.07, 6.45) is 3.85. The monoisotopic (exact) mass is 540 g/mol. The molecule has 4 aromatic rings. The summed E-state index contributed by atoms with van der Waals surface area (Å²) in [5, 5.41) is 5.75. The Balaban J connectivity index is 1.29. The second-order valence-electron chi connectivity index (χ2n) is 11.3. The van der Waals surface area contributed by atoms with Crippen LogP contribution in [0.25, 0.3) is 16.7 Å². The SMILES string of the molecule is CCC[C@H](C)c1nc(N2CCCN(C(=O)[C@@H]3C[C@H]3c3ccccc3)CC2)c2c(C)nn(-c3ccc(F)cc3)c2n1. The molecule has 3 atom stereocenters. The van der Waals surface area contributed by atoms with Crippen LogP contribution < -0.4 is 4.90 Å². The van der Waals surface area contributed by atoms with E-state index in [1.54, 1.807) is 12.1 Å². The first-order valence-corrected chi connectivity index (χ1v) is 14.6. The molecule has 0 bridgehead atoms. The second kappa shape index (κ2) is 11.0. The third kappa shape index (κ3) is 5.07. The van der Waals surface area contributed by atoms with Crippen molar-refractivity contribution in [2.75, 3.05) is 31.1 Å². The molecule has 3 heterocycles. The summed E-state index contributed by atoms with van der Waals surface area (Å²) in [6, 6.07) is 16.8. The van der Waals surface area contributed by atoms with E-state index in [2.05, 4.69) is 47.9 Å². The molecule has 2 aliphatic rings. The molecule has 6 rings (SSSR count). The Kier molecular flexibility index (Phi) is 7.26. The quantitative estimate of drug-likeness (QED) is 0.287. The number of hydrogen-bond acceptors (Lipinski definition) is 5. The van der Waals surface area contributed by atoms with Crippen LogP contribution in [0.2, 0.25) is 0 Å². The summed E-state index contributed by atoms with van der Waals surface area (Å²) in [4.78, 5) is 28.0. The maximum absolute atomic E-state index is 13.7. The van der Waals surface area contributed by atoms with Crippen molar-refractivity contribution in [1.29, 1.82) is 0 Å². The zero-order valence-corrected chi connectivity index (χ0v) is 23.6. The Labute approximate surface area is 235 Å². The van der Waals surface area contributed by atoms with Crippen molar-refractivity contribution in [3.8, 4) is 5.69 Å². The molecule has 1 aliphatic carbocycles. The van der Waals surface area contributed by atoms with Crippen LogP contribution in [-0.2, 0) is 4.79 Å². The summed E-state index contributed by atoms with van der Waals surface area (Å²) in [6.45, 7) is 9.28. The highest BCUT2D eigenvalue weighted by Gasteiger charge is 2.45. The second-order valence-corrected chi connectivity index (χ2v) is 11.3. The van der Waals surface area contributed by atoms with Gasteiger partial charge in [-0.2, -0.15) is 5.10 Å². The molecular weight excluding hydrogens is 503 g/mol. The number of aromatic nitrogens is 4. The fraction of sp³-hybridized carbons (Fsp3) is 0.438. The van der Waals surface area contributed by atoms with E-state index in [4.69, 9.17) is 15.1 Å². The van der Waals surface area contributed by atoms with Gasteiger partial charge in [0.15, 0.2) is 5.65 Å². The Morgan fingerprint density at radius 2 is 1.80 bits per heavy atom. The molecule has 0 unspecified atom stereocenters. The van der Waals surface area contributed by atoms with E-state index in [1.807, 2.05) is 17.7 Å². The highest BCUT2D eigenvalue weighted by Crippen LogP contribution is 2.48. The number of nitrogens with zero attached hydrogens (tertiary/aromatic N) is 6. The number of aryl methyl sites for hydroxylation is 1. The average Bonchev–Trinajstić information content (AvgIpc) is 3.75. The van der Waals surface area contributed by atoms with Crippen LogP contribution in [0.15, 0.2) is 54.6 Å². The lowest BCUT2D eigenvalue weighted by Gasteiger charge is -2.24. The Morgan fingerprint density at radius 1 is 1.02 bits per heavy atom. The van der Waals surface area contributed by atoms with Crippen LogP contribution >= 0.6 is 0 Å². The van der Waals surface area contributed by atoms with Gasteiger partial charge in [0, 0.05) is 38.0 Å². The number of carbonyl (C=O) groups is 1. The normalized spacial score (nSPS) is 20.0. The van der Waals surface area contributed by atoms with Gasteiger partial charge in [0.2, 0.25) is 5.91 Å². The fourth-order valence-electron chi connectivity index (χ4n) is 6.07. The molecular formula is C32H37FN6O. The van der Waals surface area contributed by atoms with E-state index in [0.717, 1.165) is 72.8 Å². The Hall–Kier alpha value is -3.81. The van der Waals surface area contributed by atoms with Crippen molar-refractivity contribution < 1.29 is 9.18 Å². The molecule has 1 saturated heterocycles. The minimum absolute atomic E-state index is 0.0948. The molecule has 1 amide bonds. The first kappa shape index (κ1) is 26.4. The molecule has 2 aromatic heterocycles. The predicted octanol–water partition coefficient (Wildman–Crippen LogP) is 6.01. The molecule has 40 heavy (non-hydrogen) atoms. The van der Waals surface area contributed by atoms with Crippen LogP contribution in [0.3, 0.4) is 0 Å². The van der Waals surface area contributed by atoms with Crippen molar-refractivity contribution in [3.63, 3.8) is 0 Å². The van der Waals surface area contributed by atoms with Gasteiger partial charge >= 0.3 is 0 Å². The van der Waals surface area contributed by atoms with Crippen molar-refractivity contribution in [2.24, 2.45) is 5.92 Å². The largest absolute Gasteiger partial charge is 0.354 e. The number of rotatable bonds is 7. The van der Waals surface area contributed by atoms with E-state index in [-0.39, 0.29) is 23.6 Å². The summed E-state index contributed by atoms with van der Waals surface area (Å²) in [5.74, 6) is 2.31. The number of fused-ring (bicyclic) bond motifs is 1. The van der Waals surface area contributed by atoms with Gasteiger partial charge in [0.25, 0.3) is 0 Å². The maximum Gasteiger partial charge on any atom is 0.226 e. The zero-order valence-electron chi connectivity index (χ0n) is 23.6. The van der Waals surface area contributed by atoms with Gasteiger partial charge in [0.1, 0.15) is 17.5 Å². The predicted molar refractivity (Wildman–Crippen MR) is 155 cm³/mol. The van der Waals surface area contributed by atoms with Crippen LogP contribution in [0.1, 0.15) is 68.4 Å². The number of amides is 1. The smallest absolute Gasteiger partial charge is 0.226 e. The minimum Gasteiger partial charge on any atom is -0.354 e. The van der Waals surface area contributed by atoms with Gasteiger partial charge < -0.3 is 9.80 Å². The highest BCUT2D eigenvalue weighted by atomic mass is 19.1. The van der Waals surface area contributed by atoms with Crippen LogP contribution in [-0.4, -0.2) is 56.7 Å². The molecule has 7 nitrogen and oxygen atoms in total. The van der Waals surface area contributed by atoms with E-state index >= 15 is 0 Å². The third-order valence-corrected chi connectivity index (χ3v) is 8.38. The first-order chi connectivity index (χ1) is 19.4. The lowest BCUT2D eigenvalue weighted by atomic mass is 10.1. The van der Waals surface area contributed by atoms with E-state index in [9.17, 15) is 9.18 Å². The molecule has 0 spiro atoms. The lowest BCUT2D eigenvalue weighted by molar-refractivity contribution is -0.132. The van der Waals surface area contributed by atoms with Gasteiger partial charge in [-0.25, -0.2) is 19.0 Å². The van der Waals surface area contributed by atoms with Crippen molar-refractivity contribution in [2.45, 2.75) is 58.3 Å². The van der Waals surface area contributed by atoms with E-state index in [0.29, 0.717) is 19.0 Å². The number of anilines is 1. The standard InChI is InChI=1S/C32H37FN6O/c1-4-9-21(2)29-34-30(28-22(3)36-39(31(28)35-29)25-14-12-24(33)13-15-25)37-16-8-17-38(19-18-37)32(40)27-20-26(27)23-10-6-5-7-11-23/h5-7,10-15,21,26-27H,4,8-9,16-20H2,1-3H3/t21-,26-,27+/m0/s1. The first-order valence-electron chi connectivity index (χ1n) is 14.6. The number of halogens is 1. The number of hydrogen-bond donors (Lipinski definition) is 0. The average molecular weight is 541 g/mol. The van der Waals surface area contributed by atoms with Crippen LogP contribution in [0.4, 0.5) is 10.2 Å². The Morgan fingerprint density at radius 3 is 2.55 bits per heavy atom. The summed E-state index contributed by atoms with van der Waals surface area (Å²) in [5.41, 5.74) is 3.61.